The van der Waals surface area contributed by atoms with Gasteiger partial charge in [0.05, 0.1) is 6.54 Å². The number of nitrogens with one attached hydrogen (secondary N) is 1. The van der Waals surface area contributed by atoms with Crippen LogP contribution in [-0.2, 0) is 20.1 Å². The summed E-state index contributed by atoms with van der Waals surface area (Å²) in [5.41, 5.74) is 2.95. The zero-order valence-electron chi connectivity index (χ0n) is 15.1. The third kappa shape index (κ3) is 3.48. The molecule has 2 aliphatic rings. The minimum atomic E-state index is 0.519. The van der Waals surface area contributed by atoms with Gasteiger partial charge in [0.15, 0.2) is 0 Å². The normalized spacial score (nSPS) is 21.8. The van der Waals surface area contributed by atoms with Crippen LogP contribution in [0.1, 0.15) is 36.2 Å². The predicted octanol–water partition coefficient (Wildman–Crippen LogP) is 3.53. The first-order valence-electron chi connectivity index (χ1n) is 9.23. The van der Waals surface area contributed by atoms with E-state index in [1.165, 1.54) is 24.8 Å². The third-order valence-corrected chi connectivity index (χ3v) is 6.48. The van der Waals surface area contributed by atoms with E-state index in [1.807, 2.05) is 12.4 Å². The summed E-state index contributed by atoms with van der Waals surface area (Å²) in [5.74, 6) is 1.13. The molecule has 4 nitrogen and oxygen atoms in total. The maximum Gasteiger partial charge on any atom is 0.122 e. The van der Waals surface area contributed by atoms with Crippen molar-refractivity contribution >= 4 is 11.6 Å². The van der Waals surface area contributed by atoms with Crippen molar-refractivity contribution < 1.29 is 0 Å². The van der Waals surface area contributed by atoms with Crippen LogP contribution in [0.2, 0.25) is 5.02 Å². The van der Waals surface area contributed by atoms with Crippen molar-refractivity contribution in [2.45, 2.75) is 45.3 Å². The molecule has 0 amide bonds. The van der Waals surface area contributed by atoms with Gasteiger partial charge in [0.1, 0.15) is 5.82 Å². The molecule has 2 heterocycles. The van der Waals surface area contributed by atoms with Gasteiger partial charge in [-0.25, -0.2) is 4.98 Å². The first kappa shape index (κ1) is 17.1. The van der Waals surface area contributed by atoms with Crippen molar-refractivity contribution in [1.29, 1.82) is 0 Å². The first-order valence-corrected chi connectivity index (χ1v) is 9.61. The van der Waals surface area contributed by atoms with E-state index in [9.17, 15) is 0 Å². The highest BCUT2D eigenvalue weighted by Crippen LogP contribution is 2.56. The molecule has 1 aromatic carbocycles. The van der Waals surface area contributed by atoms with Crippen LogP contribution < -0.4 is 5.32 Å². The van der Waals surface area contributed by atoms with E-state index >= 15 is 0 Å². The smallest absolute Gasteiger partial charge is 0.122 e. The summed E-state index contributed by atoms with van der Waals surface area (Å²) in [6, 6.07) is 7.12. The van der Waals surface area contributed by atoms with Gasteiger partial charge in [-0.2, -0.15) is 0 Å². The van der Waals surface area contributed by atoms with E-state index in [2.05, 4.69) is 51.9 Å². The Bertz CT molecular complexity index is 748. The fourth-order valence-corrected chi connectivity index (χ4v) is 4.48. The molecule has 1 spiro atoms. The van der Waals surface area contributed by atoms with Crippen LogP contribution in [-0.4, -0.2) is 33.6 Å². The maximum atomic E-state index is 6.36. The van der Waals surface area contributed by atoms with Gasteiger partial charge in [-0.1, -0.05) is 23.7 Å². The molecule has 5 heteroatoms. The number of halogens is 1. The minimum Gasteiger partial charge on any atom is -0.337 e. The maximum absolute atomic E-state index is 6.36. The molecular weight excluding hydrogens is 332 g/mol. The number of benzene rings is 1. The lowest BCUT2D eigenvalue weighted by molar-refractivity contribution is 0.183. The number of aryl methyl sites for hydroxylation is 2. The Labute approximate surface area is 155 Å². The zero-order valence-corrected chi connectivity index (χ0v) is 15.9. The van der Waals surface area contributed by atoms with Gasteiger partial charge in [-0.05, 0) is 61.9 Å². The fraction of sp³-hybridized carbons (Fsp3) is 0.550. The number of hydrogen-bond donors (Lipinski definition) is 1. The summed E-state index contributed by atoms with van der Waals surface area (Å²) >= 11 is 6.36. The Balaban J connectivity index is 1.55. The van der Waals surface area contributed by atoms with E-state index in [-0.39, 0.29) is 0 Å². The average molecular weight is 359 g/mol. The fourth-order valence-electron chi connectivity index (χ4n) is 4.28. The molecule has 1 N–H and O–H groups in total. The van der Waals surface area contributed by atoms with Gasteiger partial charge in [0.2, 0.25) is 0 Å². The highest BCUT2D eigenvalue weighted by molar-refractivity contribution is 6.31. The summed E-state index contributed by atoms with van der Waals surface area (Å²) in [6.07, 6.45) is 7.83. The van der Waals surface area contributed by atoms with Crippen molar-refractivity contribution in [3.05, 3.63) is 52.6 Å². The molecule has 1 saturated heterocycles. The quantitative estimate of drug-likeness (QED) is 0.887. The monoisotopic (exact) mass is 358 g/mol. The molecule has 1 aliphatic carbocycles. The van der Waals surface area contributed by atoms with Crippen molar-refractivity contribution in [3.8, 4) is 0 Å². The molecule has 1 aliphatic heterocycles. The van der Waals surface area contributed by atoms with E-state index in [1.54, 1.807) is 0 Å². The summed E-state index contributed by atoms with van der Waals surface area (Å²) in [5, 5.41) is 4.37. The van der Waals surface area contributed by atoms with E-state index < -0.39 is 0 Å². The van der Waals surface area contributed by atoms with E-state index in [4.69, 9.17) is 11.6 Å². The van der Waals surface area contributed by atoms with Crippen LogP contribution in [0.3, 0.4) is 0 Å². The van der Waals surface area contributed by atoms with Crippen LogP contribution >= 0.6 is 11.6 Å². The summed E-state index contributed by atoms with van der Waals surface area (Å²) in [7, 11) is 2.08. The lowest BCUT2D eigenvalue weighted by Crippen LogP contribution is -2.36. The second kappa shape index (κ2) is 6.75. The summed E-state index contributed by atoms with van der Waals surface area (Å²) < 4.78 is 2.13. The van der Waals surface area contributed by atoms with Crippen molar-refractivity contribution in [2.24, 2.45) is 12.5 Å². The zero-order chi connectivity index (χ0) is 17.4. The summed E-state index contributed by atoms with van der Waals surface area (Å²) in [6.45, 7) is 6.20. The molecule has 25 heavy (non-hydrogen) atoms. The molecule has 4 rings (SSSR count). The average Bonchev–Trinajstić information content (AvgIpc) is 3.13. The molecule has 1 atom stereocenters. The second-order valence-corrected chi connectivity index (χ2v) is 8.18. The molecule has 134 valence electrons. The van der Waals surface area contributed by atoms with Crippen LogP contribution in [0.15, 0.2) is 30.6 Å². The standard InChI is InChI=1S/C20H27ClN4/c1-15-3-4-16(11-17(15)21)13-25(14-19-23-9-10-24(19)2)18-12-20(18)5-7-22-8-6-20/h3-4,9-11,18,22H,5-8,12-14H2,1-2H3. The van der Waals surface area contributed by atoms with Gasteiger partial charge in [0, 0.05) is 37.1 Å². The lowest BCUT2D eigenvalue weighted by atomic mass is 9.93. The Kier molecular flexibility index (Phi) is 4.61. The minimum absolute atomic E-state index is 0.519. The van der Waals surface area contributed by atoms with Crippen LogP contribution in [0.4, 0.5) is 0 Å². The first-order chi connectivity index (χ1) is 12.1. The van der Waals surface area contributed by atoms with Gasteiger partial charge in [0.25, 0.3) is 0 Å². The van der Waals surface area contributed by atoms with Crippen LogP contribution in [0.5, 0.6) is 0 Å². The Morgan fingerprint density at radius 2 is 2.12 bits per heavy atom. The number of aromatic nitrogens is 2. The highest BCUT2D eigenvalue weighted by atomic mass is 35.5. The number of rotatable bonds is 5. The van der Waals surface area contributed by atoms with Gasteiger partial charge >= 0.3 is 0 Å². The van der Waals surface area contributed by atoms with Gasteiger partial charge < -0.3 is 9.88 Å². The number of imidazole rings is 1. The summed E-state index contributed by atoms with van der Waals surface area (Å²) in [4.78, 5) is 7.18. The third-order valence-electron chi connectivity index (χ3n) is 6.07. The molecule has 1 aromatic heterocycles. The highest BCUT2D eigenvalue weighted by Gasteiger charge is 2.56. The van der Waals surface area contributed by atoms with Crippen molar-refractivity contribution in [3.63, 3.8) is 0 Å². The largest absolute Gasteiger partial charge is 0.337 e. The Hall–Kier alpha value is -1.36. The van der Waals surface area contributed by atoms with Crippen molar-refractivity contribution in [2.75, 3.05) is 13.1 Å². The molecule has 2 fully saturated rings. The van der Waals surface area contributed by atoms with Crippen LogP contribution in [0, 0.1) is 12.3 Å². The molecule has 2 aromatic rings. The molecule has 1 unspecified atom stereocenters. The van der Waals surface area contributed by atoms with Crippen molar-refractivity contribution in [1.82, 2.24) is 19.8 Å². The number of nitrogens with zero attached hydrogens (tertiary/aromatic N) is 3. The second-order valence-electron chi connectivity index (χ2n) is 7.78. The van der Waals surface area contributed by atoms with Gasteiger partial charge in [-0.3, -0.25) is 4.90 Å². The topological polar surface area (TPSA) is 33.1 Å². The van der Waals surface area contributed by atoms with E-state index in [0.29, 0.717) is 11.5 Å². The van der Waals surface area contributed by atoms with Gasteiger partial charge in [-0.15, -0.1) is 0 Å². The molecule has 1 saturated carbocycles. The van der Waals surface area contributed by atoms with Crippen LogP contribution in [0.25, 0.3) is 0 Å². The van der Waals surface area contributed by atoms with E-state index in [0.717, 1.165) is 42.6 Å². The lowest BCUT2D eigenvalue weighted by Gasteiger charge is -2.29. The predicted molar refractivity (Wildman–Crippen MR) is 102 cm³/mol. The number of piperidine rings is 1. The number of hydrogen-bond acceptors (Lipinski definition) is 3. The molecule has 0 radical (unpaired) electrons. The Morgan fingerprint density at radius 1 is 1.32 bits per heavy atom. The Morgan fingerprint density at radius 3 is 2.80 bits per heavy atom. The molecule has 0 bridgehead atoms. The SMILES string of the molecule is Cc1ccc(CN(Cc2nccn2C)C2CC23CCNCC3)cc1Cl. The molecular formula is C20H27ClN4.